The average molecular weight is 197 g/mol. The Morgan fingerprint density at radius 1 is 1.43 bits per heavy atom. The number of Topliss-reactive ketones (excluding diaryl/α,β-unsaturated/α-hetero) is 1. The van der Waals surface area contributed by atoms with Crippen LogP contribution in [-0.4, -0.2) is 18.2 Å². The lowest BCUT2D eigenvalue weighted by molar-refractivity contribution is -0.127. The van der Waals surface area contributed by atoms with Crippen molar-refractivity contribution in [1.82, 2.24) is 5.32 Å². The molecule has 0 aromatic rings. The van der Waals surface area contributed by atoms with Crippen molar-refractivity contribution in [3.8, 4) is 0 Å². The van der Waals surface area contributed by atoms with E-state index < -0.39 is 0 Å². The summed E-state index contributed by atoms with van der Waals surface area (Å²) < 4.78 is 0. The molecule has 0 saturated carbocycles. The molecule has 0 aromatic carbocycles. The number of hydrogen-bond acceptors (Lipinski definition) is 2. The van der Waals surface area contributed by atoms with Gasteiger partial charge in [-0.05, 0) is 12.5 Å². The molecule has 1 amide bonds. The van der Waals surface area contributed by atoms with Crippen LogP contribution >= 0.6 is 0 Å². The summed E-state index contributed by atoms with van der Waals surface area (Å²) in [7, 11) is 0. The van der Waals surface area contributed by atoms with Crippen LogP contribution in [0, 0.1) is 5.41 Å². The molecule has 0 radical (unpaired) electrons. The summed E-state index contributed by atoms with van der Waals surface area (Å²) in [5, 5.41) is 2.58. The van der Waals surface area contributed by atoms with Crippen molar-refractivity contribution in [2.75, 3.05) is 6.54 Å². The molecule has 1 N–H and O–H groups in total. The van der Waals surface area contributed by atoms with Crippen LogP contribution in [0.1, 0.15) is 33.6 Å². The monoisotopic (exact) mass is 197 g/mol. The number of carbonyl (C=O) groups is 2. The van der Waals surface area contributed by atoms with Gasteiger partial charge in [0.2, 0.25) is 5.91 Å². The molecular formula is C11H19NO2. The van der Waals surface area contributed by atoms with Gasteiger partial charge in [0.05, 0.1) is 0 Å². The van der Waals surface area contributed by atoms with Crippen LogP contribution < -0.4 is 5.32 Å². The third-order valence-electron chi connectivity index (χ3n) is 2.48. The molecule has 0 unspecified atom stereocenters. The standard InChI is InChI=1S/C11H19NO2/c1-5-10(14)12-8-7-9(13)11(3,4)6-2/h5H,1,6-8H2,2-4H3,(H,12,14). The van der Waals surface area contributed by atoms with Gasteiger partial charge in [0.15, 0.2) is 0 Å². The summed E-state index contributed by atoms with van der Waals surface area (Å²) in [6, 6.07) is 0. The fourth-order valence-electron chi connectivity index (χ4n) is 0.907. The molecule has 3 heteroatoms. The largest absolute Gasteiger partial charge is 0.352 e. The Morgan fingerprint density at radius 2 is 2.00 bits per heavy atom. The van der Waals surface area contributed by atoms with Crippen LogP contribution in [-0.2, 0) is 9.59 Å². The number of hydrogen-bond donors (Lipinski definition) is 1. The second-order valence-corrected chi connectivity index (χ2v) is 3.91. The summed E-state index contributed by atoms with van der Waals surface area (Å²) in [5.74, 6) is -0.0449. The predicted molar refractivity (Wildman–Crippen MR) is 56.9 cm³/mol. The van der Waals surface area contributed by atoms with Crippen LogP contribution in [0.15, 0.2) is 12.7 Å². The molecule has 0 saturated heterocycles. The van der Waals surface area contributed by atoms with Gasteiger partial charge in [-0.2, -0.15) is 0 Å². The van der Waals surface area contributed by atoms with Gasteiger partial charge in [-0.1, -0.05) is 27.4 Å². The highest BCUT2D eigenvalue weighted by molar-refractivity contribution is 5.88. The van der Waals surface area contributed by atoms with Crippen LogP contribution in [0.5, 0.6) is 0 Å². The summed E-state index contributed by atoms with van der Waals surface area (Å²) in [6.45, 7) is 9.55. The van der Waals surface area contributed by atoms with Crippen LogP contribution in [0.3, 0.4) is 0 Å². The molecule has 0 spiro atoms. The maximum atomic E-state index is 11.6. The highest BCUT2D eigenvalue weighted by Crippen LogP contribution is 2.22. The third kappa shape index (κ3) is 4.21. The van der Waals surface area contributed by atoms with E-state index in [9.17, 15) is 9.59 Å². The first-order valence-corrected chi connectivity index (χ1v) is 4.87. The molecule has 0 aliphatic heterocycles. The van der Waals surface area contributed by atoms with Gasteiger partial charge in [0, 0.05) is 18.4 Å². The number of carbonyl (C=O) groups excluding carboxylic acids is 2. The third-order valence-corrected chi connectivity index (χ3v) is 2.48. The van der Waals surface area contributed by atoms with E-state index in [4.69, 9.17) is 0 Å². The van der Waals surface area contributed by atoms with E-state index in [1.807, 2.05) is 20.8 Å². The maximum absolute atomic E-state index is 11.6. The normalized spacial score (nSPS) is 10.8. The molecule has 14 heavy (non-hydrogen) atoms. The Balaban J connectivity index is 3.86. The molecule has 0 heterocycles. The fourth-order valence-corrected chi connectivity index (χ4v) is 0.907. The van der Waals surface area contributed by atoms with Crippen molar-refractivity contribution in [2.24, 2.45) is 5.41 Å². The minimum Gasteiger partial charge on any atom is -0.352 e. The van der Waals surface area contributed by atoms with Gasteiger partial charge >= 0.3 is 0 Å². The minimum atomic E-state index is -0.279. The van der Waals surface area contributed by atoms with Gasteiger partial charge in [-0.25, -0.2) is 0 Å². The average Bonchev–Trinajstić information content (AvgIpc) is 2.17. The highest BCUT2D eigenvalue weighted by atomic mass is 16.1. The first kappa shape index (κ1) is 12.9. The Kier molecular flexibility index (Phi) is 5.13. The summed E-state index contributed by atoms with van der Waals surface area (Å²) >= 11 is 0. The Bertz CT molecular complexity index is 231. The van der Waals surface area contributed by atoms with E-state index in [0.717, 1.165) is 6.42 Å². The lowest BCUT2D eigenvalue weighted by atomic mass is 9.84. The Labute approximate surface area is 85.6 Å². The van der Waals surface area contributed by atoms with E-state index in [0.29, 0.717) is 13.0 Å². The highest BCUT2D eigenvalue weighted by Gasteiger charge is 2.24. The molecule has 0 rings (SSSR count). The number of ketones is 1. The molecule has 3 nitrogen and oxygen atoms in total. The van der Waals surface area contributed by atoms with Crippen molar-refractivity contribution < 1.29 is 9.59 Å². The first-order chi connectivity index (χ1) is 6.44. The van der Waals surface area contributed by atoms with E-state index in [1.54, 1.807) is 0 Å². The minimum absolute atomic E-state index is 0.185. The van der Waals surface area contributed by atoms with Crippen molar-refractivity contribution in [3.63, 3.8) is 0 Å². The van der Waals surface area contributed by atoms with Crippen LogP contribution in [0.25, 0.3) is 0 Å². The zero-order chi connectivity index (χ0) is 11.2. The molecule has 0 fully saturated rings. The van der Waals surface area contributed by atoms with Crippen molar-refractivity contribution in [3.05, 3.63) is 12.7 Å². The van der Waals surface area contributed by atoms with Crippen molar-refractivity contribution in [1.29, 1.82) is 0 Å². The quantitative estimate of drug-likeness (QED) is 0.658. The van der Waals surface area contributed by atoms with Crippen LogP contribution in [0.4, 0.5) is 0 Å². The molecular weight excluding hydrogens is 178 g/mol. The number of rotatable bonds is 6. The lowest BCUT2D eigenvalue weighted by Crippen LogP contribution is -2.29. The van der Waals surface area contributed by atoms with Gasteiger partial charge in [-0.3, -0.25) is 9.59 Å². The SMILES string of the molecule is C=CC(=O)NCCC(=O)C(C)(C)CC. The predicted octanol–water partition coefficient (Wildman–Crippen LogP) is 1.68. The summed E-state index contributed by atoms with van der Waals surface area (Å²) in [5.41, 5.74) is -0.279. The first-order valence-electron chi connectivity index (χ1n) is 4.87. The molecule has 0 atom stereocenters. The van der Waals surface area contributed by atoms with Gasteiger partial charge in [0.25, 0.3) is 0 Å². The van der Waals surface area contributed by atoms with Gasteiger partial charge in [-0.15, -0.1) is 0 Å². The number of nitrogens with one attached hydrogen (secondary N) is 1. The van der Waals surface area contributed by atoms with Crippen LogP contribution in [0.2, 0.25) is 0 Å². The van der Waals surface area contributed by atoms with E-state index in [-0.39, 0.29) is 17.1 Å². The topological polar surface area (TPSA) is 46.2 Å². The Hall–Kier alpha value is -1.12. The smallest absolute Gasteiger partial charge is 0.243 e. The summed E-state index contributed by atoms with van der Waals surface area (Å²) in [6.07, 6.45) is 2.41. The molecule has 80 valence electrons. The molecule has 0 aliphatic rings. The molecule has 0 aliphatic carbocycles. The zero-order valence-corrected chi connectivity index (χ0v) is 9.22. The second kappa shape index (κ2) is 5.58. The molecule has 0 bridgehead atoms. The van der Waals surface area contributed by atoms with E-state index in [2.05, 4.69) is 11.9 Å². The van der Waals surface area contributed by atoms with Crippen molar-refractivity contribution in [2.45, 2.75) is 33.6 Å². The second-order valence-electron chi connectivity index (χ2n) is 3.91. The van der Waals surface area contributed by atoms with Gasteiger partial charge < -0.3 is 5.32 Å². The van der Waals surface area contributed by atoms with E-state index in [1.165, 1.54) is 6.08 Å². The fraction of sp³-hybridized carbons (Fsp3) is 0.636. The number of amides is 1. The lowest BCUT2D eigenvalue weighted by Gasteiger charge is -2.20. The molecule has 0 aromatic heterocycles. The van der Waals surface area contributed by atoms with Gasteiger partial charge in [0.1, 0.15) is 5.78 Å². The zero-order valence-electron chi connectivity index (χ0n) is 9.22. The Morgan fingerprint density at radius 3 is 2.43 bits per heavy atom. The van der Waals surface area contributed by atoms with E-state index >= 15 is 0 Å². The maximum Gasteiger partial charge on any atom is 0.243 e. The summed E-state index contributed by atoms with van der Waals surface area (Å²) in [4.78, 5) is 22.4. The van der Waals surface area contributed by atoms with Crippen molar-refractivity contribution >= 4 is 11.7 Å².